The quantitative estimate of drug-likeness (QED) is 0.659. The van der Waals surface area contributed by atoms with Crippen molar-refractivity contribution in [2.45, 2.75) is 31.2 Å². The highest BCUT2D eigenvalue weighted by Crippen LogP contribution is 2.39. The molecular weight excluding hydrogens is 327 g/mol. The topological polar surface area (TPSA) is 76.4 Å². The molecule has 3 rings (SSSR count). The van der Waals surface area contributed by atoms with Crippen LogP contribution in [0.2, 0.25) is 0 Å². The van der Waals surface area contributed by atoms with Gasteiger partial charge < -0.3 is 9.30 Å². The van der Waals surface area contributed by atoms with Crippen molar-refractivity contribution < 1.29 is 27.9 Å². The Hall–Kier alpha value is -2.55. The van der Waals surface area contributed by atoms with E-state index in [0.29, 0.717) is 24.1 Å². The van der Waals surface area contributed by atoms with E-state index < -0.39 is 23.9 Å². The van der Waals surface area contributed by atoms with Gasteiger partial charge in [0.15, 0.2) is 0 Å². The number of esters is 1. The molecule has 0 bridgehead atoms. The molecule has 0 spiro atoms. The molecule has 1 aliphatic rings. The van der Waals surface area contributed by atoms with Gasteiger partial charge in [-0.2, -0.15) is 13.2 Å². The number of anilines is 1. The molecule has 1 heterocycles. The number of halogens is 3. The first-order valence-corrected chi connectivity index (χ1v) is 7.18. The first-order valence-electron chi connectivity index (χ1n) is 7.18. The first kappa shape index (κ1) is 16.3. The zero-order valence-electron chi connectivity index (χ0n) is 12.3. The van der Waals surface area contributed by atoms with Gasteiger partial charge >= 0.3 is 12.1 Å². The van der Waals surface area contributed by atoms with E-state index in [9.17, 15) is 18.0 Å². The predicted octanol–water partition coefficient (Wildman–Crippen LogP) is 3.26. The summed E-state index contributed by atoms with van der Waals surface area (Å²) in [6.07, 6.45) is -2.34. The van der Waals surface area contributed by atoms with Crippen LogP contribution >= 0.6 is 0 Å². The molecule has 9 heteroatoms. The Bertz CT molecular complexity index is 722. The van der Waals surface area contributed by atoms with E-state index in [-0.39, 0.29) is 6.04 Å². The highest BCUT2D eigenvalue weighted by Gasteiger charge is 2.40. The van der Waals surface area contributed by atoms with E-state index in [2.05, 4.69) is 4.98 Å². The Morgan fingerprint density at radius 1 is 1.29 bits per heavy atom. The maximum Gasteiger partial charge on any atom is 0.433 e. The highest BCUT2D eigenvalue weighted by molar-refractivity contribution is 5.89. The van der Waals surface area contributed by atoms with Gasteiger partial charge in [-0.3, -0.25) is 10.7 Å². The number of imidazole rings is 1. The summed E-state index contributed by atoms with van der Waals surface area (Å²) in [5, 5.41) is 8.71. The second-order valence-corrected chi connectivity index (χ2v) is 5.53. The molecule has 0 aliphatic heterocycles. The van der Waals surface area contributed by atoms with Crippen molar-refractivity contribution >= 4 is 11.7 Å². The zero-order chi connectivity index (χ0) is 17.3. The van der Waals surface area contributed by atoms with Gasteiger partial charge in [-0.25, -0.2) is 9.78 Å². The van der Waals surface area contributed by atoms with Crippen LogP contribution in [0.5, 0.6) is 0 Å². The second kappa shape index (κ2) is 6.16. The normalized spacial score (nSPS) is 20.3. The summed E-state index contributed by atoms with van der Waals surface area (Å²) in [5.74, 6) is -0.551. The summed E-state index contributed by atoms with van der Waals surface area (Å²) in [6, 6.07) is 5.58. The van der Waals surface area contributed by atoms with Gasteiger partial charge in [-0.15, -0.1) is 0 Å². The molecule has 128 valence electrons. The maximum atomic E-state index is 12.8. The molecule has 24 heavy (non-hydrogen) atoms. The van der Waals surface area contributed by atoms with Crippen LogP contribution in [-0.4, -0.2) is 26.8 Å². The van der Waals surface area contributed by atoms with Crippen molar-refractivity contribution in [3.8, 4) is 0 Å². The Morgan fingerprint density at radius 2 is 1.96 bits per heavy atom. The number of alkyl halides is 3. The Labute approximate surface area is 134 Å². The minimum Gasteiger partial charge on any atom is -0.459 e. The van der Waals surface area contributed by atoms with Gasteiger partial charge in [-0.05, 0) is 24.3 Å². The number of nitrogens with zero attached hydrogens (tertiary/aromatic N) is 2. The largest absolute Gasteiger partial charge is 0.459 e. The van der Waals surface area contributed by atoms with Crippen LogP contribution in [0, 0.1) is 0 Å². The van der Waals surface area contributed by atoms with Crippen LogP contribution in [0.3, 0.4) is 0 Å². The molecule has 0 unspecified atom stereocenters. The number of aromatic nitrogens is 2. The average Bonchev–Trinajstić information content (AvgIpc) is 2.99. The fourth-order valence-electron chi connectivity index (χ4n) is 2.58. The number of ether oxygens (including phenoxy) is 1. The minimum atomic E-state index is -4.46. The van der Waals surface area contributed by atoms with Gasteiger partial charge in [-0.1, -0.05) is 0 Å². The molecule has 1 saturated carbocycles. The second-order valence-electron chi connectivity index (χ2n) is 5.53. The number of rotatable bonds is 4. The molecule has 0 amide bonds. The third kappa shape index (κ3) is 3.21. The molecular formula is C15H14F3N3O3. The van der Waals surface area contributed by atoms with E-state index in [0.717, 1.165) is 17.1 Å². The smallest absolute Gasteiger partial charge is 0.433 e. The molecule has 1 fully saturated rings. The number of hydrogen-bond acceptors (Lipinski definition) is 5. The van der Waals surface area contributed by atoms with Crippen LogP contribution in [-0.2, 0) is 10.9 Å². The lowest BCUT2D eigenvalue weighted by molar-refractivity contribution is -0.146. The van der Waals surface area contributed by atoms with Crippen molar-refractivity contribution in [2.75, 3.05) is 5.48 Å². The van der Waals surface area contributed by atoms with Crippen LogP contribution in [0.25, 0.3) is 0 Å². The molecule has 1 aliphatic carbocycles. The molecule has 2 aromatic rings. The molecule has 0 atom stereocenters. The Balaban J connectivity index is 1.57. The number of carbonyl (C=O) groups excluding carboxylic acids is 1. The summed E-state index contributed by atoms with van der Waals surface area (Å²) in [7, 11) is 0. The van der Waals surface area contributed by atoms with Gasteiger partial charge in [0.05, 0.1) is 23.8 Å². The summed E-state index contributed by atoms with van der Waals surface area (Å²) in [5.41, 5.74) is 1.87. The van der Waals surface area contributed by atoms with E-state index in [1.54, 1.807) is 0 Å². The van der Waals surface area contributed by atoms with Crippen LogP contribution in [0.1, 0.15) is 34.9 Å². The maximum absolute atomic E-state index is 12.8. The number of benzene rings is 1. The lowest BCUT2D eigenvalue weighted by Crippen LogP contribution is -2.36. The van der Waals surface area contributed by atoms with Gasteiger partial charge in [0.1, 0.15) is 11.8 Å². The summed E-state index contributed by atoms with van der Waals surface area (Å²) in [4.78, 5) is 15.5. The van der Waals surface area contributed by atoms with E-state index in [4.69, 9.17) is 9.94 Å². The van der Waals surface area contributed by atoms with Crippen LogP contribution in [0.4, 0.5) is 18.9 Å². The highest BCUT2D eigenvalue weighted by atomic mass is 19.4. The van der Waals surface area contributed by atoms with Gasteiger partial charge in [0, 0.05) is 18.9 Å². The number of nitrogens with one attached hydrogen (secondary N) is 1. The summed E-state index contributed by atoms with van der Waals surface area (Å²) < 4.78 is 44.8. The first-order chi connectivity index (χ1) is 11.4. The van der Waals surface area contributed by atoms with Crippen LogP contribution in [0.15, 0.2) is 36.8 Å². The predicted molar refractivity (Wildman–Crippen MR) is 76.6 cm³/mol. The van der Waals surface area contributed by atoms with E-state index in [1.807, 2.05) is 5.48 Å². The molecule has 6 nitrogen and oxygen atoms in total. The van der Waals surface area contributed by atoms with Gasteiger partial charge in [0.2, 0.25) is 0 Å². The molecule has 0 saturated heterocycles. The monoisotopic (exact) mass is 341 g/mol. The molecule has 1 aromatic carbocycles. The summed E-state index contributed by atoms with van der Waals surface area (Å²) in [6.45, 7) is 0. The van der Waals surface area contributed by atoms with Crippen molar-refractivity contribution in [3.63, 3.8) is 0 Å². The fraction of sp³-hybridized carbons (Fsp3) is 0.333. The standard InChI is InChI=1S/C15H14F3N3O3/c16-15(17,18)13-7-19-8-21(13)11-5-12(6-11)24-14(22)9-1-3-10(20-23)4-2-9/h1-4,7-8,11-12,20,23H,5-6H2. The van der Waals surface area contributed by atoms with Crippen molar-refractivity contribution in [1.29, 1.82) is 0 Å². The van der Waals surface area contributed by atoms with E-state index in [1.165, 1.54) is 24.3 Å². The van der Waals surface area contributed by atoms with Crippen molar-refractivity contribution in [2.24, 2.45) is 0 Å². The lowest BCUT2D eigenvalue weighted by Gasteiger charge is -2.36. The van der Waals surface area contributed by atoms with Crippen molar-refractivity contribution in [3.05, 3.63) is 48.0 Å². The Kier molecular flexibility index (Phi) is 4.18. The zero-order valence-corrected chi connectivity index (χ0v) is 12.3. The number of hydrogen-bond donors (Lipinski definition) is 2. The molecule has 2 N–H and O–H groups in total. The third-order valence-electron chi connectivity index (χ3n) is 3.94. The lowest BCUT2D eigenvalue weighted by atomic mass is 9.88. The minimum absolute atomic E-state index is 0.302. The fourth-order valence-corrected chi connectivity index (χ4v) is 2.58. The summed E-state index contributed by atoms with van der Waals surface area (Å²) >= 11 is 0. The average molecular weight is 341 g/mol. The Morgan fingerprint density at radius 3 is 2.54 bits per heavy atom. The molecule has 0 radical (unpaired) electrons. The third-order valence-corrected chi connectivity index (χ3v) is 3.94. The van der Waals surface area contributed by atoms with Crippen LogP contribution < -0.4 is 5.48 Å². The van der Waals surface area contributed by atoms with Gasteiger partial charge in [0.25, 0.3) is 0 Å². The number of carbonyl (C=O) groups is 1. The van der Waals surface area contributed by atoms with E-state index >= 15 is 0 Å². The SMILES string of the molecule is O=C(OC1CC(n2cncc2C(F)(F)F)C1)c1ccc(NO)cc1. The molecule has 1 aromatic heterocycles. The van der Waals surface area contributed by atoms with Crippen molar-refractivity contribution in [1.82, 2.24) is 9.55 Å².